The van der Waals surface area contributed by atoms with E-state index < -0.39 is 0 Å². The van der Waals surface area contributed by atoms with E-state index in [-0.39, 0.29) is 17.5 Å². The molecular weight excluding hydrogens is 378 g/mol. The summed E-state index contributed by atoms with van der Waals surface area (Å²) < 4.78 is 1.57. The fraction of sp³-hybridized carbons (Fsp3) is 0.650. The molecule has 4 unspecified atom stereocenters. The summed E-state index contributed by atoms with van der Waals surface area (Å²) in [7, 11) is 1.74. The number of carbonyl (C=O) groups excluding carboxylic acids is 1. The summed E-state index contributed by atoms with van der Waals surface area (Å²) in [5.74, 6) is 2.64. The lowest BCUT2D eigenvalue weighted by atomic mass is 9.84. The zero-order valence-electron chi connectivity index (χ0n) is 16.4. The zero-order valence-corrected chi connectivity index (χ0v) is 18.0. The zero-order chi connectivity index (χ0) is 19.3. The van der Waals surface area contributed by atoms with Crippen LogP contribution in [-0.4, -0.2) is 27.3 Å². The third-order valence-corrected chi connectivity index (χ3v) is 8.66. The van der Waals surface area contributed by atoms with E-state index in [1.807, 2.05) is 13.8 Å². The van der Waals surface area contributed by atoms with Gasteiger partial charge in [0.2, 0.25) is 5.91 Å². The minimum absolute atomic E-state index is 0.0277. The Morgan fingerprint density at radius 3 is 2.81 bits per heavy atom. The van der Waals surface area contributed by atoms with E-state index in [2.05, 4.69) is 17.2 Å². The minimum Gasteiger partial charge on any atom is -0.353 e. The molecule has 146 valence electrons. The molecule has 2 heterocycles. The van der Waals surface area contributed by atoms with E-state index in [0.29, 0.717) is 22.2 Å². The van der Waals surface area contributed by atoms with Gasteiger partial charge in [0, 0.05) is 18.0 Å². The van der Waals surface area contributed by atoms with Gasteiger partial charge in [0.1, 0.15) is 4.83 Å². The Balaban J connectivity index is 1.41. The molecule has 0 saturated heterocycles. The summed E-state index contributed by atoms with van der Waals surface area (Å²) in [6.45, 7) is 6.12. The van der Waals surface area contributed by atoms with Crippen molar-refractivity contribution in [2.45, 2.75) is 57.7 Å². The van der Waals surface area contributed by atoms with Gasteiger partial charge in [-0.2, -0.15) is 0 Å². The van der Waals surface area contributed by atoms with Crippen molar-refractivity contribution in [3.63, 3.8) is 0 Å². The maximum Gasteiger partial charge on any atom is 0.262 e. The Kier molecular flexibility index (Phi) is 5.10. The van der Waals surface area contributed by atoms with Crippen LogP contribution in [0.4, 0.5) is 0 Å². The molecule has 2 aliphatic rings. The van der Waals surface area contributed by atoms with Gasteiger partial charge in [-0.1, -0.05) is 18.2 Å². The van der Waals surface area contributed by atoms with Gasteiger partial charge in [0.05, 0.1) is 11.1 Å². The topological polar surface area (TPSA) is 64.0 Å². The van der Waals surface area contributed by atoms with Crippen molar-refractivity contribution in [2.24, 2.45) is 24.8 Å². The Morgan fingerprint density at radius 1 is 1.37 bits per heavy atom. The van der Waals surface area contributed by atoms with E-state index >= 15 is 0 Å². The first-order chi connectivity index (χ1) is 12.8. The van der Waals surface area contributed by atoms with Gasteiger partial charge in [0.25, 0.3) is 5.56 Å². The number of hydrogen-bond acceptors (Lipinski definition) is 5. The fourth-order valence-electron chi connectivity index (χ4n) is 4.92. The number of aromatic nitrogens is 2. The summed E-state index contributed by atoms with van der Waals surface area (Å²) in [5.41, 5.74) is 0.984. The second kappa shape index (κ2) is 7.24. The summed E-state index contributed by atoms with van der Waals surface area (Å²) >= 11 is 2.89. The number of nitrogens with one attached hydrogen (secondary N) is 1. The Morgan fingerprint density at radius 2 is 2.15 bits per heavy atom. The third kappa shape index (κ3) is 3.44. The van der Waals surface area contributed by atoms with Crippen LogP contribution in [0.1, 0.15) is 43.0 Å². The van der Waals surface area contributed by atoms with E-state index in [1.165, 1.54) is 37.4 Å². The molecule has 0 aromatic carbocycles. The lowest BCUT2D eigenvalue weighted by molar-refractivity contribution is -0.119. The highest BCUT2D eigenvalue weighted by Gasteiger charge is 2.42. The molecule has 2 aliphatic carbocycles. The highest BCUT2D eigenvalue weighted by atomic mass is 32.2. The van der Waals surface area contributed by atoms with Gasteiger partial charge in [0.15, 0.2) is 5.16 Å². The fourth-order valence-corrected chi connectivity index (χ4v) is 6.78. The van der Waals surface area contributed by atoms with Gasteiger partial charge in [-0.25, -0.2) is 4.98 Å². The molecule has 27 heavy (non-hydrogen) atoms. The van der Waals surface area contributed by atoms with Crippen LogP contribution in [0.2, 0.25) is 0 Å². The predicted octanol–water partition coefficient (Wildman–Crippen LogP) is 3.64. The number of nitrogens with zero attached hydrogens (tertiary/aromatic N) is 2. The maximum atomic E-state index is 12.7. The number of thioether (sulfide) groups is 1. The molecule has 2 aromatic rings. The standard InChI is InChI=1S/C20H27N3O2S2/c1-10-12(3)27-18-17(10)19(25)23(4)20(22-18)26-9-16(24)21-11(2)15-8-13-5-6-14(15)7-13/h11,13-15H,5-9H2,1-4H3,(H,21,24). The van der Waals surface area contributed by atoms with Crippen LogP contribution in [0.5, 0.6) is 0 Å². The van der Waals surface area contributed by atoms with Crippen LogP contribution in [-0.2, 0) is 11.8 Å². The van der Waals surface area contributed by atoms with Crippen molar-refractivity contribution in [2.75, 3.05) is 5.75 Å². The van der Waals surface area contributed by atoms with E-state index in [1.54, 1.807) is 23.0 Å². The number of carbonyl (C=O) groups is 1. The van der Waals surface area contributed by atoms with E-state index in [0.717, 1.165) is 27.1 Å². The molecule has 2 fully saturated rings. The minimum atomic E-state index is -0.0277. The number of hydrogen-bond donors (Lipinski definition) is 1. The van der Waals surface area contributed by atoms with Crippen LogP contribution < -0.4 is 10.9 Å². The molecule has 2 saturated carbocycles. The largest absolute Gasteiger partial charge is 0.353 e. The normalized spacial score (nSPS) is 25.3. The molecule has 4 rings (SSSR count). The molecule has 7 heteroatoms. The number of amides is 1. The molecule has 4 atom stereocenters. The molecular formula is C20H27N3O2S2. The lowest BCUT2D eigenvalue weighted by Gasteiger charge is -2.28. The van der Waals surface area contributed by atoms with Crippen LogP contribution in [0.25, 0.3) is 10.2 Å². The predicted molar refractivity (Wildman–Crippen MR) is 112 cm³/mol. The Labute approximate surface area is 167 Å². The first kappa shape index (κ1) is 19.0. The molecule has 2 bridgehead atoms. The van der Waals surface area contributed by atoms with Gasteiger partial charge >= 0.3 is 0 Å². The van der Waals surface area contributed by atoms with Gasteiger partial charge in [-0.3, -0.25) is 14.2 Å². The SMILES string of the molecule is Cc1sc2nc(SCC(=O)NC(C)C3CC4CCC3C4)n(C)c(=O)c2c1C. The van der Waals surface area contributed by atoms with E-state index in [9.17, 15) is 9.59 Å². The molecule has 2 aromatic heterocycles. The van der Waals surface area contributed by atoms with Crippen molar-refractivity contribution < 1.29 is 4.79 Å². The second-order valence-corrected chi connectivity index (χ2v) is 10.4. The van der Waals surface area contributed by atoms with Crippen molar-refractivity contribution >= 4 is 39.2 Å². The van der Waals surface area contributed by atoms with Crippen LogP contribution in [0.15, 0.2) is 9.95 Å². The Hall–Kier alpha value is -1.34. The molecule has 0 aliphatic heterocycles. The smallest absolute Gasteiger partial charge is 0.262 e. The molecule has 1 N–H and O–H groups in total. The van der Waals surface area contributed by atoms with Crippen molar-refractivity contribution in [1.29, 1.82) is 0 Å². The van der Waals surface area contributed by atoms with Gasteiger partial charge < -0.3 is 5.32 Å². The molecule has 0 radical (unpaired) electrons. The van der Waals surface area contributed by atoms with E-state index in [4.69, 9.17) is 0 Å². The molecule has 1 amide bonds. The first-order valence-corrected chi connectivity index (χ1v) is 11.5. The maximum absolute atomic E-state index is 12.7. The summed E-state index contributed by atoms with van der Waals surface area (Å²) in [6, 6.07) is 0.232. The number of fused-ring (bicyclic) bond motifs is 3. The average Bonchev–Trinajstić information content (AvgIpc) is 3.32. The Bertz CT molecular complexity index is 949. The molecule has 0 spiro atoms. The number of aryl methyl sites for hydroxylation is 2. The van der Waals surface area contributed by atoms with Crippen LogP contribution >= 0.6 is 23.1 Å². The van der Waals surface area contributed by atoms with Crippen molar-refractivity contribution in [3.8, 4) is 0 Å². The number of thiophene rings is 1. The third-order valence-electron chi connectivity index (χ3n) is 6.53. The van der Waals surface area contributed by atoms with Crippen molar-refractivity contribution in [3.05, 3.63) is 20.8 Å². The highest BCUT2D eigenvalue weighted by Crippen LogP contribution is 2.49. The van der Waals surface area contributed by atoms with Gasteiger partial charge in [-0.15, -0.1) is 11.3 Å². The van der Waals surface area contributed by atoms with Crippen LogP contribution in [0, 0.1) is 31.6 Å². The quantitative estimate of drug-likeness (QED) is 0.609. The average molecular weight is 406 g/mol. The summed E-state index contributed by atoms with van der Waals surface area (Å²) in [4.78, 5) is 31.7. The second-order valence-electron chi connectivity index (χ2n) is 8.21. The van der Waals surface area contributed by atoms with Crippen LogP contribution in [0.3, 0.4) is 0 Å². The summed E-state index contributed by atoms with van der Waals surface area (Å²) in [6.07, 6.45) is 5.33. The van der Waals surface area contributed by atoms with Gasteiger partial charge in [-0.05, 0) is 63.4 Å². The monoisotopic (exact) mass is 405 g/mol. The van der Waals surface area contributed by atoms with Crippen molar-refractivity contribution in [1.82, 2.24) is 14.9 Å². The first-order valence-electron chi connectivity index (χ1n) is 9.74. The number of rotatable bonds is 5. The summed E-state index contributed by atoms with van der Waals surface area (Å²) in [5, 5.41) is 4.50. The molecule has 5 nitrogen and oxygen atoms in total. The lowest BCUT2D eigenvalue weighted by Crippen LogP contribution is -2.41. The highest BCUT2D eigenvalue weighted by molar-refractivity contribution is 7.99.